The van der Waals surface area contributed by atoms with Crippen molar-refractivity contribution >= 4 is 44.9 Å². The Labute approximate surface area is 137 Å². The zero-order valence-corrected chi connectivity index (χ0v) is 13.8. The number of hydrogen-bond donors (Lipinski definition) is 2. The standard InChI is InChI=1S/C15H15BrClN3O/c1-2-6-18-14-8-10(5-7-19-14)15(21)20-13-9-11(16)3-4-12(13)17/h3-5,7-9H,2,6H2,1H3,(H,18,19)(H,20,21). The number of amides is 1. The van der Waals surface area contributed by atoms with Crippen LogP contribution in [0.5, 0.6) is 0 Å². The molecule has 21 heavy (non-hydrogen) atoms. The van der Waals surface area contributed by atoms with Crippen LogP contribution in [-0.2, 0) is 0 Å². The molecule has 0 radical (unpaired) electrons. The van der Waals surface area contributed by atoms with Crippen LogP contribution in [0.3, 0.4) is 0 Å². The van der Waals surface area contributed by atoms with E-state index in [1.54, 1.807) is 30.5 Å². The van der Waals surface area contributed by atoms with E-state index in [1.165, 1.54) is 0 Å². The maximum Gasteiger partial charge on any atom is 0.255 e. The molecule has 1 amide bonds. The van der Waals surface area contributed by atoms with Crippen molar-refractivity contribution in [2.24, 2.45) is 0 Å². The van der Waals surface area contributed by atoms with Crippen LogP contribution in [0.15, 0.2) is 41.0 Å². The molecule has 110 valence electrons. The summed E-state index contributed by atoms with van der Waals surface area (Å²) >= 11 is 9.42. The Kier molecular flexibility index (Phi) is 5.59. The summed E-state index contributed by atoms with van der Waals surface area (Å²) < 4.78 is 0.849. The van der Waals surface area contributed by atoms with Crippen LogP contribution in [0.1, 0.15) is 23.7 Å². The van der Waals surface area contributed by atoms with E-state index < -0.39 is 0 Å². The minimum Gasteiger partial charge on any atom is -0.370 e. The highest BCUT2D eigenvalue weighted by molar-refractivity contribution is 9.10. The van der Waals surface area contributed by atoms with Gasteiger partial charge in [-0.05, 0) is 36.8 Å². The average molecular weight is 369 g/mol. The predicted molar refractivity (Wildman–Crippen MR) is 90.1 cm³/mol. The van der Waals surface area contributed by atoms with Crippen molar-refractivity contribution in [1.82, 2.24) is 4.98 Å². The number of aromatic nitrogens is 1. The van der Waals surface area contributed by atoms with Crippen LogP contribution in [0, 0.1) is 0 Å². The number of rotatable bonds is 5. The van der Waals surface area contributed by atoms with Gasteiger partial charge in [-0.25, -0.2) is 4.98 Å². The Morgan fingerprint density at radius 1 is 1.33 bits per heavy atom. The maximum atomic E-state index is 12.3. The Bertz CT molecular complexity index is 649. The van der Waals surface area contributed by atoms with E-state index in [0.717, 1.165) is 17.4 Å². The summed E-state index contributed by atoms with van der Waals surface area (Å²) in [6.07, 6.45) is 2.60. The number of benzene rings is 1. The zero-order chi connectivity index (χ0) is 15.2. The lowest BCUT2D eigenvalue weighted by molar-refractivity contribution is 0.102. The van der Waals surface area contributed by atoms with E-state index in [2.05, 4.69) is 38.5 Å². The summed E-state index contributed by atoms with van der Waals surface area (Å²) in [5.74, 6) is 0.460. The molecule has 0 aliphatic rings. The molecule has 6 heteroatoms. The van der Waals surface area contributed by atoms with Crippen molar-refractivity contribution in [2.45, 2.75) is 13.3 Å². The molecule has 4 nitrogen and oxygen atoms in total. The molecule has 0 saturated heterocycles. The average Bonchev–Trinajstić information content (AvgIpc) is 2.49. The molecule has 2 aromatic rings. The Balaban J connectivity index is 2.14. The second-order valence-corrected chi connectivity index (χ2v) is 5.76. The van der Waals surface area contributed by atoms with Gasteiger partial charge in [0.1, 0.15) is 5.82 Å². The first-order chi connectivity index (χ1) is 10.1. The molecule has 0 unspecified atom stereocenters. The van der Waals surface area contributed by atoms with Gasteiger partial charge in [0.05, 0.1) is 10.7 Å². The highest BCUT2D eigenvalue weighted by atomic mass is 79.9. The van der Waals surface area contributed by atoms with Gasteiger partial charge in [-0.3, -0.25) is 4.79 Å². The highest BCUT2D eigenvalue weighted by Crippen LogP contribution is 2.26. The van der Waals surface area contributed by atoms with Crippen molar-refractivity contribution < 1.29 is 4.79 Å². The third-order valence-corrected chi connectivity index (χ3v) is 3.58. The first-order valence-electron chi connectivity index (χ1n) is 6.56. The molecule has 0 spiro atoms. The zero-order valence-electron chi connectivity index (χ0n) is 11.5. The number of nitrogens with zero attached hydrogens (tertiary/aromatic N) is 1. The first-order valence-corrected chi connectivity index (χ1v) is 7.73. The minimum atomic E-state index is -0.225. The molecule has 1 aromatic carbocycles. The van der Waals surface area contributed by atoms with Crippen LogP contribution in [0.2, 0.25) is 5.02 Å². The lowest BCUT2D eigenvalue weighted by atomic mass is 10.2. The fourth-order valence-corrected chi connectivity index (χ4v) is 2.24. The third kappa shape index (κ3) is 4.44. The fraction of sp³-hybridized carbons (Fsp3) is 0.200. The number of nitrogens with one attached hydrogen (secondary N) is 2. The Morgan fingerprint density at radius 3 is 2.90 bits per heavy atom. The van der Waals surface area contributed by atoms with Gasteiger partial charge in [0.25, 0.3) is 5.91 Å². The largest absolute Gasteiger partial charge is 0.370 e. The van der Waals surface area contributed by atoms with Gasteiger partial charge >= 0.3 is 0 Å². The number of carbonyl (C=O) groups is 1. The Hall–Kier alpha value is -1.59. The molecule has 2 N–H and O–H groups in total. The summed E-state index contributed by atoms with van der Waals surface area (Å²) in [5.41, 5.74) is 1.09. The number of pyridine rings is 1. The van der Waals surface area contributed by atoms with Gasteiger partial charge in [0.15, 0.2) is 0 Å². The van der Waals surface area contributed by atoms with Crippen molar-refractivity contribution in [3.8, 4) is 0 Å². The Morgan fingerprint density at radius 2 is 2.14 bits per heavy atom. The van der Waals surface area contributed by atoms with E-state index in [0.29, 0.717) is 22.1 Å². The van der Waals surface area contributed by atoms with Crippen molar-refractivity contribution in [3.05, 3.63) is 51.6 Å². The summed E-state index contributed by atoms with van der Waals surface area (Å²) in [4.78, 5) is 16.4. The molecule has 2 rings (SSSR count). The van der Waals surface area contributed by atoms with Gasteiger partial charge in [0.2, 0.25) is 0 Å². The van der Waals surface area contributed by atoms with Gasteiger partial charge in [-0.2, -0.15) is 0 Å². The van der Waals surface area contributed by atoms with Crippen molar-refractivity contribution in [1.29, 1.82) is 0 Å². The van der Waals surface area contributed by atoms with Gasteiger partial charge < -0.3 is 10.6 Å². The van der Waals surface area contributed by atoms with E-state index in [9.17, 15) is 4.79 Å². The quantitative estimate of drug-likeness (QED) is 0.812. The smallest absolute Gasteiger partial charge is 0.255 e. The molecule has 0 bridgehead atoms. The second-order valence-electron chi connectivity index (χ2n) is 4.43. The molecule has 0 saturated carbocycles. The van der Waals surface area contributed by atoms with E-state index in [1.807, 2.05) is 6.07 Å². The molecule has 0 aliphatic heterocycles. The maximum absolute atomic E-state index is 12.3. The van der Waals surface area contributed by atoms with Crippen LogP contribution < -0.4 is 10.6 Å². The molecule has 1 aromatic heterocycles. The van der Waals surface area contributed by atoms with Gasteiger partial charge in [-0.1, -0.05) is 34.5 Å². The van der Waals surface area contributed by atoms with Gasteiger partial charge in [-0.15, -0.1) is 0 Å². The van der Waals surface area contributed by atoms with E-state index >= 15 is 0 Å². The van der Waals surface area contributed by atoms with Crippen LogP contribution >= 0.6 is 27.5 Å². The molecule has 0 atom stereocenters. The van der Waals surface area contributed by atoms with Crippen molar-refractivity contribution in [2.75, 3.05) is 17.2 Å². The normalized spacial score (nSPS) is 10.2. The van der Waals surface area contributed by atoms with Crippen LogP contribution in [0.25, 0.3) is 0 Å². The molecular weight excluding hydrogens is 354 g/mol. The number of carbonyl (C=O) groups excluding carboxylic acids is 1. The monoisotopic (exact) mass is 367 g/mol. The number of anilines is 2. The number of halogens is 2. The van der Waals surface area contributed by atoms with Gasteiger partial charge in [0, 0.05) is 22.8 Å². The van der Waals surface area contributed by atoms with Crippen LogP contribution in [-0.4, -0.2) is 17.4 Å². The molecule has 0 fully saturated rings. The lowest BCUT2D eigenvalue weighted by Crippen LogP contribution is -2.13. The summed E-state index contributed by atoms with van der Waals surface area (Å²) in [6.45, 7) is 2.88. The second kappa shape index (κ2) is 7.43. The summed E-state index contributed by atoms with van der Waals surface area (Å²) in [7, 11) is 0. The number of hydrogen-bond acceptors (Lipinski definition) is 3. The molecular formula is C15H15BrClN3O. The highest BCUT2D eigenvalue weighted by Gasteiger charge is 2.10. The van der Waals surface area contributed by atoms with Crippen molar-refractivity contribution in [3.63, 3.8) is 0 Å². The van der Waals surface area contributed by atoms with Crippen LogP contribution in [0.4, 0.5) is 11.5 Å². The molecule has 1 heterocycles. The lowest BCUT2D eigenvalue weighted by Gasteiger charge is -2.09. The third-order valence-electron chi connectivity index (χ3n) is 2.75. The predicted octanol–water partition coefficient (Wildman–Crippen LogP) is 4.57. The minimum absolute atomic E-state index is 0.225. The summed E-state index contributed by atoms with van der Waals surface area (Å²) in [5, 5.41) is 6.43. The SMILES string of the molecule is CCCNc1cc(C(=O)Nc2cc(Br)ccc2Cl)ccn1. The first kappa shape index (κ1) is 15.8. The summed E-state index contributed by atoms with van der Waals surface area (Å²) in [6, 6.07) is 8.69. The van der Waals surface area contributed by atoms with E-state index in [-0.39, 0.29) is 5.91 Å². The topological polar surface area (TPSA) is 54.0 Å². The fourth-order valence-electron chi connectivity index (χ4n) is 1.71. The molecule has 0 aliphatic carbocycles. The van der Waals surface area contributed by atoms with E-state index in [4.69, 9.17) is 11.6 Å².